The van der Waals surface area contributed by atoms with Gasteiger partial charge in [-0.1, -0.05) is 22.0 Å². The van der Waals surface area contributed by atoms with Crippen LogP contribution in [0.2, 0.25) is 0 Å². The summed E-state index contributed by atoms with van der Waals surface area (Å²) in [7, 11) is 0. The van der Waals surface area contributed by atoms with E-state index in [4.69, 9.17) is 0 Å². The Morgan fingerprint density at radius 3 is 2.93 bits per heavy atom. The Hall–Kier alpha value is -0.830. The van der Waals surface area contributed by atoms with Crippen molar-refractivity contribution >= 4 is 27.5 Å². The standard InChI is InChI=1S/C11H12BrNO/c12-7-11(14)13-10-5-4-8-2-1-3-9(8)6-10/h4-6H,1-3,7H2,(H,13,14). The molecule has 0 heterocycles. The molecule has 1 aliphatic carbocycles. The molecule has 0 atom stereocenters. The van der Waals surface area contributed by atoms with E-state index in [0.29, 0.717) is 5.33 Å². The molecule has 2 nitrogen and oxygen atoms in total. The van der Waals surface area contributed by atoms with Crippen LogP contribution in [-0.2, 0) is 17.6 Å². The Bertz CT molecular complexity index is 362. The van der Waals surface area contributed by atoms with Crippen molar-refractivity contribution in [3.8, 4) is 0 Å². The fourth-order valence-electron chi connectivity index (χ4n) is 1.84. The Morgan fingerprint density at radius 2 is 2.14 bits per heavy atom. The lowest BCUT2D eigenvalue weighted by atomic mass is 10.1. The molecule has 0 saturated heterocycles. The van der Waals surface area contributed by atoms with Crippen LogP contribution >= 0.6 is 15.9 Å². The second-order valence-corrected chi connectivity index (χ2v) is 4.08. The van der Waals surface area contributed by atoms with Gasteiger partial charge in [0.05, 0.1) is 5.33 Å². The van der Waals surface area contributed by atoms with Crippen molar-refractivity contribution in [1.29, 1.82) is 0 Å². The van der Waals surface area contributed by atoms with Crippen LogP contribution < -0.4 is 5.32 Å². The van der Waals surface area contributed by atoms with Crippen LogP contribution in [0.4, 0.5) is 5.69 Å². The molecule has 0 fully saturated rings. The van der Waals surface area contributed by atoms with Gasteiger partial charge in [-0.05, 0) is 42.5 Å². The minimum Gasteiger partial charge on any atom is -0.325 e. The van der Waals surface area contributed by atoms with E-state index in [-0.39, 0.29) is 5.91 Å². The van der Waals surface area contributed by atoms with Crippen LogP contribution in [0.1, 0.15) is 17.5 Å². The molecule has 0 bridgehead atoms. The number of halogens is 1. The zero-order valence-electron chi connectivity index (χ0n) is 7.85. The first kappa shape index (κ1) is 9.71. The molecular weight excluding hydrogens is 242 g/mol. The fraction of sp³-hybridized carbons (Fsp3) is 0.364. The van der Waals surface area contributed by atoms with Crippen molar-refractivity contribution in [3.63, 3.8) is 0 Å². The van der Waals surface area contributed by atoms with E-state index >= 15 is 0 Å². The molecule has 1 aliphatic rings. The average Bonchev–Trinajstić information content (AvgIpc) is 2.64. The quantitative estimate of drug-likeness (QED) is 0.807. The van der Waals surface area contributed by atoms with Gasteiger partial charge >= 0.3 is 0 Å². The number of anilines is 1. The molecule has 74 valence electrons. The van der Waals surface area contributed by atoms with E-state index in [1.807, 2.05) is 6.07 Å². The van der Waals surface area contributed by atoms with E-state index < -0.39 is 0 Å². The molecule has 0 radical (unpaired) electrons. The van der Waals surface area contributed by atoms with Crippen molar-refractivity contribution in [3.05, 3.63) is 29.3 Å². The molecule has 2 rings (SSSR count). The number of carbonyl (C=O) groups excluding carboxylic acids is 1. The lowest BCUT2D eigenvalue weighted by molar-refractivity contribution is -0.113. The third-order valence-corrected chi connectivity index (χ3v) is 3.01. The van der Waals surface area contributed by atoms with Crippen LogP contribution in [0.3, 0.4) is 0 Å². The van der Waals surface area contributed by atoms with Crippen LogP contribution in [-0.4, -0.2) is 11.2 Å². The first-order valence-corrected chi connectivity index (χ1v) is 5.89. The van der Waals surface area contributed by atoms with E-state index in [1.165, 1.54) is 24.0 Å². The topological polar surface area (TPSA) is 29.1 Å². The molecule has 1 N–H and O–H groups in total. The van der Waals surface area contributed by atoms with Gasteiger partial charge in [-0.3, -0.25) is 4.79 Å². The molecule has 0 aliphatic heterocycles. The van der Waals surface area contributed by atoms with Crippen molar-refractivity contribution in [1.82, 2.24) is 0 Å². The predicted molar refractivity (Wildman–Crippen MR) is 60.9 cm³/mol. The molecule has 1 aromatic rings. The van der Waals surface area contributed by atoms with Gasteiger partial charge in [0.15, 0.2) is 0 Å². The number of hydrogen-bond acceptors (Lipinski definition) is 1. The molecule has 0 spiro atoms. The molecule has 1 aromatic carbocycles. The largest absolute Gasteiger partial charge is 0.325 e. The van der Waals surface area contributed by atoms with Gasteiger partial charge < -0.3 is 5.32 Å². The Balaban J connectivity index is 2.16. The highest BCUT2D eigenvalue weighted by Gasteiger charge is 2.11. The summed E-state index contributed by atoms with van der Waals surface area (Å²) in [6, 6.07) is 6.18. The molecule has 0 saturated carbocycles. The summed E-state index contributed by atoms with van der Waals surface area (Å²) in [5, 5.41) is 3.19. The van der Waals surface area contributed by atoms with Gasteiger partial charge in [0, 0.05) is 5.69 Å². The number of hydrogen-bond donors (Lipinski definition) is 1. The highest BCUT2D eigenvalue weighted by Crippen LogP contribution is 2.24. The fourth-order valence-corrected chi connectivity index (χ4v) is 1.98. The van der Waals surface area contributed by atoms with Gasteiger partial charge in [-0.2, -0.15) is 0 Å². The summed E-state index contributed by atoms with van der Waals surface area (Å²) in [5.41, 5.74) is 3.73. The normalized spacial score (nSPS) is 13.8. The molecule has 0 aromatic heterocycles. The first-order chi connectivity index (χ1) is 6.79. The predicted octanol–water partition coefficient (Wildman–Crippen LogP) is 2.51. The summed E-state index contributed by atoms with van der Waals surface area (Å²) >= 11 is 3.12. The summed E-state index contributed by atoms with van der Waals surface area (Å²) < 4.78 is 0. The third kappa shape index (κ3) is 1.98. The van der Waals surface area contributed by atoms with E-state index in [1.54, 1.807) is 0 Å². The number of nitrogens with one attached hydrogen (secondary N) is 1. The Labute approximate surface area is 91.8 Å². The summed E-state index contributed by atoms with van der Waals surface area (Å²) in [6.45, 7) is 0. The highest BCUT2D eigenvalue weighted by molar-refractivity contribution is 9.09. The van der Waals surface area contributed by atoms with E-state index in [0.717, 1.165) is 12.1 Å². The van der Waals surface area contributed by atoms with Crippen molar-refractivity contribution in [2.24, 2.45) is 0 Å². The number of benzene rings is 1. The highest BCUT2D eigenvalue weighted by atomic mass is 79.9. The van der Waals surface area contributed by atoms with Gasteiger partial charge in [0.25, 0.3) is 0 Å². The smallest absolute Gasteiger partial charge is 0.235 e. The zero-order valence-corrected chi connectivity index (χ0v) is 9.43. The molecule has 3 heteroatoms. The maximum atomic E-state index is 11.1. The van der Waals surface area contributed by atoms with Crippen molar-refractivity contribution in [2.45, 2.75) is 19.3 Å². The maximum Gasteiger partial charge on any atom is 0.235 e. The minimum absolute atomic E-state index is 0.00273. The van der Waals surface area contributed by atoms with Crippen LogP contribution in [0.15, 0.2) is 18.2 Å². The van der Waals surface area contributed by atoms with E-state index in [9.17, 15) is 4.79 Å². The first-order valence-electron chi connectivity index (χ1n) is 4.77. The molecule has 14 heavy (non-hydrogen) atoms. The van der Waals surface area contributed by atoms with Crippen LogP contribution in [0, 0.1) is 0 Å². The average molecular weight is 254 g/mol. The molecule has 1 amide bonds. The SMILES string of the molecule is O=C(CBr)Nc1ccc2c(c1)CCC2. The van der Waals surface area contributed by atoms with Gasteiger partial charge in [0.1, 0.15) is 0 Å². The number of alkyl halides is 1. The van der Waals surface area contributed by atoms with Crippen LogP contribution in [0.5, 0.6) is 0 Å². The third-order valence-electron chi connectivity index (χ3n) is 2.50. The zero-order chi connectivity index (χ0) is 9.97. The summed E-state index contributed by atoms with van der Waals surface area (Å²) in [4.78, 5) is 11.1. The summed E-state index contributed by atoms with van der Waals surface area (Å²) in [6.07, 6.45) is 3.57. The molecule has 0 unspecified atom stereocenters. The molecular formula is C11H12BrNO. The van der Waals surface area contributed by atoms with E-state index in [2.05, 4.69) is 33.4 Å². The Morgan fingerprint density at radius 1 is 1.36 bits per heavy atom. The number of rotatable bonds is 2. The number of amides is 1. The van der Waals surface area contributed by atoms with Crippen molar-refractivity contribution < 1.29 is 4.79 Å². The van der Waals surface area contributed by atoms with Crippen LogP contribution in [0.25, 0.3) is 0 Å². The maximum absolute atomic E-state index is 11.1. The second kappa shape index (κ2) is 4.13. The van der Waals surface area contributed by atoms with Gasteiger partial charge in [-0.15, -0.1) is 0 Å². The van der Waals surface area contributed by atoms with Crippen molar-refractivity contribution in [2.75, 3.05) is 10.6 Å². The number of aryl methyl sites for hydroxylation is 2. The Kier molecular flexibility index (Phi) is 2.87. The van der Waals surface area contributed by atoms with Gasteiger partial charge in [0.2, 0.25) is 5.91 Å². The number of carbonyl (C=O) groups is 1. The minimum atomic E-state index is 0.00273. The second-order valence-electron chi connectivity index (χ2n) is 3.52. The lowest BCUT2D eigenvalue weighted by Crippen LogP contribution is -2.12. The summed E-state index contributed by atoms with van der Waals surface area (Å²) in [5.74, 6) is 0.00273. The monoisotopic (exact) mass is 253 g/mol. The number of fused-ring (bicyclic) bond motifs is 1. The lowest BCUT2D eigenvalue weighted by Gasteiger charge is -2.05. The van der Waals surface area contributed by atoms with Gasteiger partial charge in [-0.25, -0.2) is 0 Å².